The molecule has 0 spiro atoms. The van der Waals surface area contributed by atoms with Crippen molar-refractivity contribution in [3.8, 4) is 0 Å². The number of para-hydroxylation sites is 1. The molecule has 248 valence electrons. The Labute approximate surface area is 277 Å². The van der Waals surface area contributed by atoms with Gasteiger partial charge >= 0.3 is 0 Å². The smallest absolute Gasteiger partial charge is 0.244 e. The summed E-state index contributed by atoms with van der Waals surface area (Å²) in [5.74, 6) is 0.601. The van der Waals surface area contributed by atoms with Gasteiger partial charge in [0.25, 0.3) is 0 Å². The first-order valence-corrected chi connectivity index (χ1v) is 16.0. The number of aliphatic imine (C=N–C) groups is 1. The number of nitrogens with zero attached hydrogens (tertiary/aromatic N) is 6. The summed E-state index contributed by atoms with van der Waals surface area (Å²) >= 11 is 0. The summed E-state index contributed by atoms with van der Waals surface area (Å²) in [6.45, 7) is 18.3. The van der Waals surface area contributed by atoms with Gasteiger partial charge in [-0.1, -0.05) is 82.0 Å². The Kier molecular flexibility index (Phi) is 16.8. The second kappa shape index (κ2) is 20.5. The van der Waals surface area contributed by atoms with Crippen LogP contribution < -0.4 is 15.8 Å². The normalized spacial score (nSPS) is 15.2. The zero-order chi connectivity index (χ0) is 33.9. The first kappa shape index (κ1) is 37.7. The summed E-state index contributed by atoms with van der Waals surface area (Å²) in [5.41, 5.74) is 12.2. The number of hydrogen-bond donors (Lipinski definition) is 2. The lowest BCUT2D eigenvalue weighted by molar-refractivity contribution is -0.125. The fraction of sp³-hybridized carbons (Fsp3) is 0.405. The first-order chi connectivity index (χ1) is 22.1. The predicted molar refractivity (Wildman–Crippen MR) is 198 cm³/mol. The molecule has 1 amide bonds. The number of fused-ring (bicyclic) bond motifs is 1. The molecule has 0 bridgehead atoms. The number of anilines is 1. The number of hydrogen-bond acceptors (Lipinski definition) is 7. The van der Waals surface area contributed by atoms with Crippen molar-refractivity contribution < 1.29 is 4.79 Å². The number of amidine groups is 1. The van der Waals surface area contributed by atoms with E-state index in [0.717, 1.165) is 55.0 Å². The Morgan fingerprint density at radius 1 is 1.17 bits per heavy atom. The van der Waals surface area contributed by atoms with Crippen molar-refractivity contribution in [1.82, 2.24) is 20.7 Å². The molecule has 0 saturated heterocycles. The van der Waals surface area contributed by atoms with Crippen molar-refractivity contribution in [3.63, 3.8) is 0 Å². The van der Waals surface area contributed by atoms with Crippen LogP contribution in [0.25, 0.3) is 5.57 Å². The van der Waals surface area contributed by atoms with E-state index in [-0.39, 0.29) is 11.8 Å². The fourth-order valence-corrected chi connectivity index (χ4v) is 5.01. The summed E-state index contributed by atoms with van der Waals surface area (Å²) in [6.07, 6.45) is 17.8. The molecule has 9 nitrogen and oxygen atoms in total. The second-order valence-corrected chi connectivity index (χ2v) is 11.4. The van der Waals surface area contributed by atoms with Crippen LogP contribution in [-0.2, 0) is 4.79 Å². The van der Waals surface area contributed by atoms with Crippen LogP contribution in [0.1, 0.15) is 52.5 Å². The number of carbonyl (C=O) groups excluding carboxylic acids is 1. The highest BCUT2D eigenvalue weighted by molar-refractivity contribution is 6.01. The minimum absolute atomic E-state index is 0.0516. The van der Waals surface area contributed by atoms with Gasteiger partial charge in [-0.25, -0.2) is 10.4 Å². The maximum Gasteiger partial charge on any atom is 0.244 e. The van der Waals surface area contributed by atoms with E-state index in [4.69, 9.17) is 0 Å². The average Bonchev–Trinajstić information content (AvgIpc) is 3.05. The average molecular weight is 627 g/mol. The lowest BCUT2D eigenvalue weighted by Crippen LogP contribution is -2.37. The van der Waals surface area contributed by atoms with Crippen molar-refractivity contribution in [1.29, 1.82) is 0 Å². The number of allylic oxidation sites excluding steroid dienone is 5. The van der Waals surface area contributed by atoms with Crippen LogP contribution in [0.3, 0.4) is 0 Å². The van der Waals surface area contributed by atoms with E-state index in [0.29, 0.717) is 13.1 Å². The number of likely N-dealkylation sites (N-methyl/N-ethyl adjacent to an activating group) is 2. The number of amides is 1. The minimum Gasteiger partial charge on any atom is -0.370 e. The molecule has 0 radical (unpaired) electrons. The molecular weight excluding hydrogens is 572 g/mol. The maximum atomic E-state index is 13.3. The van der Waals surface area contributed by atoms with E-state index < -0.39 is 0 Å². The lowest BCUT2D eigenvalue weighted by atomic mass is 9.97. The molecular formula is C37H54N8O. The fourth-order valence-electron chi connectivity index (χ4n) is 5.01. The Hall–Kier alpha value is -4.50. The van der Waals surface area contributed by atoms with Crippen LogP contribution in [0.4, 0.5) is 5.69 Å². The maximum absolute atomic E-state index is 13.3. The Bertz CT molecular complexity index is 1380. The van der Waals surface area contributed by atoms with Gasteiger partial charge in [-0.05, 0) is 50.9 Å². The summed E-state index contributed by atoms with van der Waals surface area (Å²) < 4.78 is 0. The van der Waals surface area contributed by atoms with E-state index >= 15 is 0 Å². The SMILES string of the molecule is C=CN=C(C)N(C)/C=C(C=C)/C=N/NC\C=C/C(=C\CC)C(/C)=N/NC(=O)[C@H](CCC)CN(C)CC1=CCN(C)c2ccccc21. The first-order valence-electron chi connectivity index (χ1n) is 16.0. The molecule has 0 aromatic heterocycles. The van der Waals surface area contributed by atoms with Crippen LogP contribution in [0, 0.1) is 5.92 Å². The topological polar surface area (TPSA) is 87.9 Å². The lowest BCUT2D eigenvalue weighted by Gasteiger charge is -2.30. The van der Waals surface area contributed by atoms with E-state index in [9.17, 15) is 4.79 Å². The molecule has 1 heterocycles. The van der Waals surface area contributed by atoms with E-state index in [1.54, 1.807) is 12.3 Å². The van der Waals surface area contributed by atoms with Gasteiger partial charge in [0, 0.05) is 63.0 Å². The largest absolute Gasteiger partial charge is 0.370 e. The van der Waals surface area contributed by atoms with Crippen LogP contribution >= 0.6 is 0 Å². The molecule has 0 unspecified atom stereocenters. The molecule has 46 heavy (non-hydrogen) atoms. The molecule has 1 atom stereocenters. The standard InChI is InChI=1S/C37H54N8O/c1-10-17-32(19-16-23-39-40-25-31(12-3)26-45(9)30(6)38-13-4)29(5)41-42-37(46)34(18-11-2)28-43(7)27-33-22-24-44(8)36-21-15-14-20-35(33)36/h12-17,19-22,25-26,34,39H,3-4,10-11,18,23-24,27-28H2,1-2,5-9H3,(H,42,46)/b19-16-,31-26+,32-17+,38-30?,40-25+,41-29+/t34-/m1/s1. The van der Waals surface area contributed by atoms with Crippen molar-refractivity contribution in [2.24, 2.45) is 21.1 Å². The summed E-state index contributed by atoms with van der Waals surface area (Å²) in [6, 6.07) is 8.51. The monoisotopic (exact) mass is 626 g/mol. The summed E-state index contributed by atoms with van der Waals surface area (Å²) in [5, 5.41) is 8.78. The van der Waals surface area contributed by atoms with Crippen LogP contribution in [0.2, 0.25) is 0 Å². The highest BCUT2D eigenvalue weighted by Crippen LogP contribution is 2.30. The Morgan fingerprint density at radius 2 is 1.93 bits per heavy atom. The highest BCUT2D eigenvalue weighted by atomic mass is 16.2. The minimum atomic E-state index is -0.155. The number of nitrogens with one attached hydrogen (secondary N) is 2. The Balaban J connectivity index is 1.96. The number of rotatable bonds is 18. The number of benzene rings is 1. The molecule has 0 saturated carbocycles. The van der Waals surface area contributed by atoms with Crippen LogP contribution in [0.5, 0.6) is 0 Å². The Morgan fingerprint density at radius 3 is 2.63 bits per heavy atom. The van der Waals surface area contributed by atoms with E-state index in [1.165, 1.54) is 23.0 Å². The number of hydrazone groups is 2. The predicted octanol–water partition coefficient (Wildman–Crippen LogP) is 6.39. The van der Waals surface area contributed by atoms with Gasteiger partial charge in [-0.3, -0.25) is 4.79 Å². The zero-order valence-corrected chi connectivity index (χ0v) is 29.0. The molecule has 1 aromatic rings. The summed E-state index contributed by atoms with van der Waals surface area (Å²) in [7, 11) is 6.11. The molecule has 0 fully saturated rings. The van der Waals surface area contributed by atoms with Crippen LogP contribution in [-0.4, -0.2) is 80.8 Å². The molecule has 1 aliphatic heterocycles. The molecule has 1 aromatic carbocycles. The molecule has 0 aliphatic carbocycles. The van der Waals surface area contributed by atoms with Gasteiger partial charge in [0.15, 0.2) is 0 Å². The van der Waals surface area contributed by atoms with Gasteiger partial charge in [-0.2, -0.15) is 10.2 Å². The second-order valence-electron chi connectivity index (χ2n) is 11.4. The van der Waals surface area contributed by atoms with Gasteiger partial charge in [0.05, 0.1) is 24.4 Å². The van der Waals surface area contributed by atoms with Crippen LogP contribution in [0.15, 0.2) is 107 Å². The third kappa shape index (κ3) is 12.5. The van der Waals surface area contributed by atoms with Crippen molar-refractivity contribution >= 4 is 34.9 Å². The van der Waals surface area contributed by atoms with Crippen molar-refractivity contribution in [3.05, 3.63) is 96.9 Å². The van der Waals surface area contributed by atoms with Gasteiger partial charge in [-0.15, -0.1) is 0 Å². The summed E-state index contributed by atoms with van der Waals surface area (Å²) in [4.78, 5) is 23.8. The van der Waals surface area contributed by atoms with Gasteiger partial charge in [0.2, 0.25) is 5.91 Å². The molecule has 2 N–H and O–H groups in total. The molecule has 2 rings (SSSR count). The third-order valence-electron chi connectivity index (χ3n) is 7.61. The molecule has 1 aliphatic rings. The zero-order valence-electron chi connectivity index (χ0n) is 29.0. The molecule has 9 heteroatoms. The quantitative estimate of drug-likeness (QED) is 0.0648. The van der Waals surface area contributed by atoms with Gasteiger partial charge < -0.3 is 20.1 Å². The van der Waals surface area contributed by atoms with E-state index in [2.05, 4.69) is 113 Å². The van der Waals surface area contributed by atoms with Crippen molar-refractivity contribution in [2.45, 2.75) is 47.0 Å². The third-order valence-corrected chi connectivity index (χ3v) is 7.61. The number of carbonyl (C=O) groups is 1. The van der Waals surface area contributed by atoms with E-state index in [1.807, 2.05) is 44.1 Å². The van der Waals surface area contributed by atoms with Crippen molar-refractivity contribution in [2.75, 3.05) is 52.2 Å². The highest BCUT2D eigenvalue weighted by Gasteiger charge is 2.22. The van der Waals surface area contributed by atoms with Gasteiger partial charge in [0.1, 0.15) is 5.84 Å².